The highest BCUT2D eigenvalue weighted by Gasteiger charge is 2.28. The molecule has 0 aromatic carbocycles. The van der Waals surface area contributed by atoms with Crippen molar-refractivity contribution in [3.05, 3.63) is 41.1 Å². The number of imide groups is 1. The molecule has 3 N–H and O–H groups in total. The van der Waals surface area contributed by atoms with Gasteiger partial charge in [0.25, 0.3) is 5.91 Å². The number of amides is 2. The molecule has 6 rings (SSSR count). The fourth-order valence-electron chi connectivity index (χ4n) is 3.95. The maximum absolute atomic E-state index is 12.0. The molecule has 0 spiro atoms. The van der Waals surface area contributed by atoms with Gasteiger partial charge in [0.2, 0.25) is 17.8 Å². The molecule has 3 aromatic rings. The number of fused-ring (bicyclic) bond motifs is 2. The van der Waals surface area contributed by atoms with Crippen LogP contribution in [0.3, 0.4) is 0 Å². The smallest absolute Gasteiger partial charge is 0.310 e. The first-order valence-electron chi connectivity index (χ1n) is 10.5. The number of hydrogen-bond donors (Lipinski definition) is 3. The number of carbonyl (C=O) groups is 3. The van der Waals surface area contributed by atoms with Gasteiger partial charge < -0.3 is 10.4 Å². The molecule has 0 radical (unpaired) electrons. The maximum Gasteiger partial charge on any atom is 0.310 e. The van der Waals surface area contributed by atoms with Crippen LogP contribution in [0, 0.1) is 5.92 Å². The predicted molar refractivity (Wildman–Crippen MR) is 114 cm³/mol. The number of rotatable bonds is 5. The van der Waals surface area contributed by atoms with Crippen LogP contribution >= 0.6 is 0 Å². The summed E-state index contributed by atoms with van der Waals surface area (Å²) in [7, 11) is 0. The number of hydrogen-bond acceptors (Lipinski definition) is 8. The Balaban J connectivity index is 1.47. The van der Waals surface area contributed by atoms with Gasteiger partial charge in [-0.3, -0.25) is 24.3 Å². The standard InChI is InChI=1S/C21H18N8O4/c30-16-7-11(18(31)25-16)5-12-8-23-29-17(12)26-20(27-21(29)24-13-2-3-13)28-9-22-14-6-10(19(32)33)1-4-15(14)28/h1,4-5,8-10,13H,2-3,6-7H2,(H,32,33)(H,24,26,27)(H,25,30,31)/b11-5+. The minimum absolute atomic E-state index is 0.00582. The molecule has 1 saturated carbocycles. The zero-order valence-electron chi connectivity index (χ0n) is 17.2. The number of carboxylic acids is 1. The van der Waals surface area contributed by atoms with Crippen LogP contribution < -0.4 is 10.6 Å². The molecule has 1 atom stereocenters. The Kier molecular flexibility index (Phi) is 4.15. The fourth-order valence-corrected chi connectivity index (χ4v) is 3.95. The average Bonchev–Trinajstić information content (AvgIpc) is 3.21. The normalized spacial score (nSPS) is 21.0. The summed E-state index contributed by atoms with van der Waals surface area (Å²) in [6.45, 7) is 0. The van der Waals surface area contributed by atoms with Crippen molar-refractivity contribution in [3.63, 3.8) is 0 Å². The zero-order valence-corrected chi connectivity index (χ0v) is 17.2. The first-order chi connectivity index (χ1) is 16.0. The Hall–Kier alpha value is -4.35. The van der Waals surface area contributed by atoms with Gasteiger partial charge >= 0.3 is 5.97 Å². The van der Waals surface area contributed by atoms with Crippen molar-refractivity contribution in [2.24, 2.45) is 5.92 Å². The van der Waals surface area contributed by atoms with E-state index >= 15 is 0 Å². The van der Waals surface area contributed by atoms with Crippen LogP contribution in [0.5, 0.6) is 0 Å². The minimum atomic E-state index is -0.897. The molecule has 2 fully saturated rings. The maximum atomic E-state index is 12.0. The van der Waals surface area contributed by atoms with E-state index in [9.17, 15) is 19.5 Å². The molecule has 3 aliphatic rings. The van der Waals surface area contributed by atoms with Crippen LogP contribution in [0.2, 0.25) is 0 Å². The van der Waals surface area contributed by atoms with Crippen molar-refractivity contribution >= 4 is 41.5 Å². The summed E-state index contributed by atoms with van der Waals surface area (Å²) in [5.41, 5.74) is 2.76. The lowest BCUT2D eigenvalue weighted by atomic mass is 9.96. The first-order valence-corrected chi connectivity index (χ1v) is 10.5. The van der Waals surface area contributed by atoms with Crippen LogP contribution in [0.15, 0.2) is 24.2 Å². The second-order valence-corrected chi connectivity index (χ2v) is 8.28. The van der Waals surface area contributed by atoms with Crippen LogP contribution in [-0.2, 0) is 20.8 Å². The van der Waals surface area contributed by atoms with Gasteiger partial charge in [0, 0.05) is 23.6 Å². The van der Waals surface area contributed by atoms with Crippen molar-refractivity contribution in [1.29, 1.82) is 0 Å². The van der Waals surface area contributed by atoms with Crippen LogP contribution in [0.4, 0.5) is 5.95 Å². The monoisotopic (exact) mass is 446 g/mol. The molecule has 12 heteroatoms. The van der Waals surface area contributed by atoms with E-state index in [0.717, 1.165) is 18.5 Å². The molecule has 0 bridgehead atoms. The predicted octanol–water partition coefficient (Wildman–Crippen LogP) is 0.584. The van der Waals surface area contributed by atoms with Crippen LogP contribution in [0.1, 0.15) is 36.2 Å². The highest BCUT2D eigenvalue weighted by molar-refractivity contribution is 6.15. The van der Waals surface area contributed by atoms with E-state index in [1.807, 2.05) is 0 Å². The lowest BCUT2D eigenvalue weighted by molar-refractivity contribution is -0.140. The number of carbonyl (C=O) groups excluding carboxylic acids is 2. The largest absolute Gasteiger partial charge is 0.481 e. The Labute approximate surface area is 186 Å². The van der Waals surface area contributed by atoms with Crippen molar-refractivity contribution in [3.8, 4) is 5.95 Å². The number of carboxylic acid groups (broad SMARTS) is 1. The quantitative estimate of drug-likeness (QED) is 0.377. The van der Waals surface area contributed by atoms with E-state index in [1.165, 1.54) is 0 Å². The average molecular weight is 446 g/mol. The lowest BCUT2D eigenvalue weighted by Crippen LogP contribution is -2.19. The van der Waals surface area contributed by atoms with Crippen molar-refractivity contribution in [2.45, 2.75) is 31.7 Å². The number of nitrogens with zero attached hydrogens (tertiary/aromatic N) is 6. The summed E-state index contributed by atoms with van der Waals surface area (Å²) in [5.74, 6) is -1.45. The molecule has 1 saturated heterocycles. The molecule has 166 valence electrons. The summed E-state index contributed by atoms with van der Waals surface area (Å²) in [6, 6.07) is 0.299. The SMILES string of the molecule is O=C1C/C(=C\c2cnn3c(NC4CC4)nc(-n4cnc5c4C=CC(C(=O)O)C5)nc23)C(=O)N1. The van der Waals surface area contributed by atoms with Gasteiger partial charge in [-0.05, 0) is 25.0 Å². The summed E-state index contributed by atoms with van der Waals surface area (Å²) >= 11 is 0. The molecule has 33 heavy (non-hydrogen) atoms. The third-order valence-corrected chi connectivity index (χ3v) is 5.84. The van der Waals surface area contributed by atoms with E-state index in [4.69, 9.17) is 0 Å². The summed E-state index contributed by atoms with van der Waals surface area (Å²) in [4.78, 5) is 48.7. The number of imidazole rings is 1. The summed E-state index contributed by atoms with van der Waals surface area (Å²) in [6.07, 6.45) is 10.5. The third-order valence-electron chi connectivity index (χ3n) is 5.84. The summed E-state index contributed by atoms with van der Waals surface area (Å²) < 4.78 is 3.28. The third kappa shape index (κ3) is 3.35. The van der Waals surface area contributed by atoms with Crippen molar-refractivity contribution in [2.75, 3.05) is 5.32 Å². The van der Waals surface area contributed by atoms with Crippen LogP contribution in [0.25, 0.3) is 23.7 Å². The highest BCUT2D eigenvalue weighted by atomic mass is 16.4. The van der Waals surface area contributed by atoms with E-state index in [-0.39, 0.29) is 18.7 Å². The Bertz CT molecular complexity index is 1410. The number of nitrogens with one attached hydrogen (secondary N) is 2. The number of aliphatic carboxylic acids is 1. The molecular formula is C21H18N8O4. The fraction of sp³-hybridized carbons (Fsp3) is 0.286. The van der Waals surface area contributed by atoms with Crippen molar-refractivity contribution < 1.29 is 19.5 Å². The highest BCUT2D eigenvalue weighted by Crippen LogP contribution is 2.28. The zero-order chi connectivity index (χ0) is 22.7. The molecular weight excluding hydrogens is 428 g/mol. The molecule has 2 amide bonds. The second kappa shape index (κ2) is 7.08. The lowest BCUT2D eigenvalue weighted by Gasteiger charge is -2.14. The van der Waals surface area contributed by atoms with Gasteiger partial charge in [0.15, 0.2) is 5.65 Å². The summed E-state index contributed by atoms with van der Waals surface area (Å²) in [5, 5.41) is 19.3. The van der Waals surface area contributed by atoms with Gasteiger partial charge in [0.05, 0.1) is 29.9 Å². The number of aromatic nitrogens is 6. The Morgan fingerprint density at radius 2 is 2.12 bits per heavy atom. The molecule has 12 nitrogen and oxygen atoms in total. The van der Waals surface area contributed by atoms with Gasteiger partial charge in [-0.1, -0.05) is 6.08 Å². The van der Waals surface area contributed by atoms with Gasteiger partial charge in [0.1, 0.15) is 6.33 Å². The minimum Gasteiger partial charge on any atom is -0.481 e. The Morgan fingerprint density at radius 3 is 2.85 bits per heavy atom. The topological polar surface area (TPSA) is 156 Å². The van der Waals surface area contributed by atoms with E-state index in [2.05, 4.69) is 30.7 Å². The second-order valence-electron chi connectivity index (χ2n) is 8.28. The number of anilines is 1. The van der Waals surface area contributed by atoms with E-state index in [1.54, 1.807) is 39.8 Å². The molecule has 4 heterocycles. The first kappa shape index (κ1) is 19.3. The van der Waals surface area contributed by atoms with Gasteiger partial charge in [-0.2, -0.15) is 19.6 Å². The van der Waals surface area contributed by atoms with Crippen LogP contribution in [-0.4, -0.2) is 58.1 Å². The molecule has 3 aromatic heterocycles. The van der Waals surface area contributed by atoms with E-state index in [0.29, 0.717) is 40.4 Å². The van der Waals surface area contributed by atoms with Gasteiger partial charge in [-0.25, -0.2) is 4.98 Å². The van der Waals surface area contributed by atoms with Crippen molar-refractivity contribution in [1.82, 2.24) is 34.4 Å². The van der Waals surface area contributed by atoms with Gasteiger partial charge in [-0.15, -0.1) is 0 Å². The molecule has 1 aliphatic heterocycles. The Morgan fingerprint density at radius 1 is 1.27 bits per heavy atom. The van der Waals surface area contributed by atoms with E-state index < -0.39 is 17.8 Å². The molecule has 1 unspecified atom stereocenters. The molecule has 2 aliphatic carbocycles.